The lowest BCUT2D eigenvalue weighted by atomic mass is 10.0. The minimum atomic E-state index is 0.168. The van der Waals surface area contributed by atoms with Crippen LogP contribution in [-0.4, -0.2) is 42.9 Å². The van der Waals surface area contributed by atoms with Crippen molar-refractivity contribution < 1.29 is 4.74 Å². The van der Waals surface area contributed by atoms with Crippen molar-refractivity contribution in [3.8, 4) is 23.0 Å². The third-order valence-corrected chi connectivity index (χ3v) is 6.03. The van der Waals surface area contributed by atoms with Crippen LogP contribution in [0, 0.1) is 6.92 Å². The first-order valence-electron chi connectivity index (χ1n) is 10.3. The number of nitrogens with zero attached hydrogens (tertiary/aromatic N) is 7. The van der Waals surface area contributed by atoms with Gasteiger partial charge in [-0.15, -0.1) is 10.2 Å². The highest BCUT2D eigenvalue weighted by Gasteiger charge is 2.39. The van der Waals surface area contributed by atoms with E-state index in [4.69, 9.17) is 9.72 Å². The molecule has 8 heteroatoms. The van der Waals surface area contributed by atoms with Gasteiger partial charge in [-0.2, -0.15) is 0 Å². The van der Waals surface area contributed by atoms with Gasteiger partial charge in [0.15, 0.2) is 17.5 Å². The summed E-state index contributed by atoms with van der Waals surface area (Å²) in [6, 6.07) is 4.43. The minimum absolute atomic E-state index is 0.168. The maximum Gasteiger partial charge on any atom is 0.213 e. The van der Waals surface area contributed by atoms with Crippen LogP contribution >= 0.6 is 0 Å². The van der Waals surface area contributed by atoms with Crippen molar-refractivity contribution in [1.29, 1.82) is 0 Å². The molecule has 0 spiro atoms. The Morgan fingerprint density at radius 2 is 2.00 bits per heavy atom. The largest absolute Gasteiger partial charge is 0.481 e. The van der Waals surface area contributed by atoms with Gasteiger partial charge >= 0.3 is 0 Å². The van der Waals surface area contributed by atoms with Crippen molar-refractivity contribution in [3.05, 3.63) is 36.2 Å². The minimum Gasteiger partial charge on any atom is -0.481 e. The lowest BCUT2D eigenvalue weighted by Gasteiger charge is -2.41. The summed E-state index contributed by atoms with van der Waals surface area (Å²) in [6.07, 6.45) is 9.48. The zero-order valence-corrected chi connectivity index (χ0v) is 17.0. The quantitative estimate of drug-likeness (QED) is 0.671. The topological polar surface area (TPSA) is 81.8 Å². The molecule has 2 aliphatic rings. The molecule has 3 aromatic heterocycles. The summed E-state index contributed by atoms with van der Waals surface area (Å²) in [5.41, 5.74) is 1.86. The Bertz CT molecular complexity index is 1040. The Morgan fingerprint density at radius 1 is 1.17 bits per heavy atom. The molecule has 1 fully saturated rings. The van der Waals surface area contributed by atoms with E-state index in [1.807, 2.05) is 25.3 Å². The van der Waals surface area contributed by atoms with Crippen LogP contribution in [-0.2, 0) is 0 Å². The van der Waals surface area contributed by atoms with Gasteiger partial charge in [0.25, 0.3) is 0 Å². The average Bonchev–Trinajstić information content (AvgIpc) is 3.42. The molecule has 8 nitrogen and oxygen atoms in total. The van der Waals surface area contributed by atoms with Gasteiger partial charge in [-0.25, -0.2) is 15.0 Å². The van der Waals surface area contributed by atoms with Crippen LogP contribution in [0.15, 0.2) is 24.5 Å². The monoisotopic (exact) mass is 391 g/mol. The number of methoxy groups -OCH3 is 1. The summed E-state index contributed by atoms with van der Waals surface area (Å²) in [6.45, 7) is 4.20. The molecule has 4 heterocycles. The predicted molar refractivity (Wildman–Crippen MR) is 109 cm³/mol. The lowest BCUT2D eigenvalue weighted by Crippen LogP contribution is -2.42. The number of rotatable bonds is 4. The van der Waals surface area contributed by atoms with Gasteiger partial charge in [0.1, 0.15) is 11.5 Å². The van der Waals surface area contributed by atoms with Gasteiger partial charge < -0.3 is 9.64 Å². The molecule has 0 amide bonds. The molecule has 1 aliphatic heterocycles. The highest BCUT2D eigenvalue weighted by molar-refractivity contribution is 5.67. The predicted octanol–water partition coefficient (Wildman–Crippen LogP) is 3.65. The fraction of sp³-hybridized carbons (Fsp3) is 0.476. The van der Waals surface area contributed by atoms with Gasteiger partial charge in [-0.05, 0) is 32.3 Å². The molecular formula is C21H25N7O. The molecule has 150 valence electrons. The second-order valence-electron chi connectivity index (χ2n) is 7.70. The molecule has 1 saturated carbocycles. The van der Waals surface area contributed by atoms with E-state index in [9.17, 15) is 0 Å². The number of hydrogen-bond donors (Lipinski definition) is 0. The number of pyridine rings is 1. The maximum absolute atomic E-state index is 5.28. The lowest BCUT2D eigenvalue weighted by molar-refractivity contribution is 0.398. The van der Waals surface area contributed by atoms with Gasteiger partial charge in [-0.1, -0.05) is 19.8 Å². The molecule has 0 radical (unpaired) electrons. The molecule has 0 aromatic carbocycles. The van der Waals surface area contributed by atoms with E-state index in [-0.39, 0.29) is 6.04 Å². The molecule has 0 bridgehead atoms. The fourth-order valence-electron chi connectivity index (χ4n) is 4.67. The van der Waals surface area contributed by atoms with E-state index in [1.165, 1.54) is 25.7 Å². The van der Waals surface area contributed by atoms with Gasteiger partial charge in [-0.3, -0.25) is 4.57 Å². The van der Waals surface area contributed by atoms with Crippen LogP contribution in [0.1, 0.15) is 56.7 Å². The summed E-state index contributed by atoms with van der Waals surface area (Å²) in [4.78, 5) is 16.4. The first-order valence-corrected chi connectivity index (χ1v) is 10.3. The standard InChI is InChI=1S/C21H25N7O/c1-4-16-21-26-25-13(2)27(21)17-12-23-19(14-9-10-22-18(11-14)29-3)24-20(17)28(16)15-7-5-6-8-15/h9-12,15-16H,4-8H2,1-3H3. The molecule has 29 heavy (non-hydrogen) atoms. The van der Waals surface area contributed by atoms with Crippen LogP contribution in [0.3, 0.4) is 0 Å². The third-order valence-electron chi connectivity index (χ3n) is 6.03. The number of ether oxygens (including phenoxy) is 1. The van der Waals surface area contributed by atoms with Crippen molar-refractivity contribution in [2.45, 2.75) is 58.0 Å². The summed E-state index contributed by atoms with van der Waals surface area (Å²) in [5.74, 6) is 4.07. The van der Waals surface area contributed by atoms with Crippen molar-refractivity contribution in [2.75, 3.05) is 12.0 Å². The molecule has 0 saturated heterocycles. The summed E-state index contributed by atoms with van der Waals surface area (Å²) < 4.78 is 7.40. The highest BCUT2D eigenvalue weighted by Crippen LogP contribution is 2.43. The van der Waals surface area contributed by atoms with E-state index in [1.54, 1.807) is 13.3 Å². The average molecular weight is 391 g/mol. The Kier molecular flexibility index (Phi) is 4.41. The van der Waals surface area contributed by atoms with Crippen molar-refractivity contribution >= 4 is 5.82 Å². The summed E-state index contributed by atoms with van der Waals surface area (Å²) >= 11 is 0. The van der Waals surface area contributed by atoms with Crippen LogP contribution in [0.2, 0.25) is 0 Å². The first kappa shape index (κ1) is 18.0. The Labute approximate surface area is 170 Å². The number of aromatic nitrogens is 6. The van der Waals surface area contributed by atoms with Crippen LogP contribution in [0.4, 0.5) is 5.82 Å². The zero-order valence-electron chi connectivity index (χ0n) is 17.0. The van der Waals surface area contributed by atoms with Gasteiger partial charge in [0, 0.05) is 23.9 Å². The van der Waals surface area contributed by atoms with Crippen molar-refractivity contribution in [3.63, 3.8) is 0 Å². The number of fused-ring (bicyclic) bond motifs is 3. The van der Waals surface area contributed by atoms with E-state index in [0.29, 0.717) is 17.7 Å². The molecular weight excluding hydrogens is 366 g/mol. The second kappa shape index (κ2) is 7.09. The number of anilines is 1. The van der Waals surface area contributed by atoms with E-state index in [2.05, 4.69) is 36.6 Å². The molecule has 5 rings (SSSR count). The van der Waals surface area contributed by atoms with Crippen LogP contribution < -0.4 is 9.64 Å². The Balaban J connectivity index is 1.69. The van der Waals surface area contributed by atoms with Crippen molar-refractivity contribution in [2.24, 2.45) is 0 Å². The van der Waals surface area contributed by atoms with E-state index in [0.717, 1.165) is 35.1 Å². The number of aryl methyl sites for hydroxylation is 1. The maximum atomic E-state index is 5.28. The summed E-state index contributed by atoms with van der Waals surface area (Å²) in [7, 11) is 1.61. The van der Waals surface area contributed by atoms with E-state index >= 15 is 0 Å². The molecule has 1 unspecified atom stereocenters. The Hall–Kier alpha value is -3.03. The second-order valence-corrected chi connectivity index (χ2v) is 7.70. The number of hydrogen-bond acceptors (Lipinski definition) is 7. The van der Waals surface area contributed by atoms with Gasteiger partial charge in [0.2, 0.25) is 5.88 Å². The van der Waals surface area contributed by atoms with E-state index < -0.39 is 0 Å². The third kappa shape index (κ3) is 2.85. The fourth-order valence-corrected chi connectivity index (χ4v) is 4.67. The highest BCUT2D eigenvalue weighted by atomic mass is 16.5. The van der Waals surface area contributed by atoms with Gasteiger partial charge in [0.05, 0.1) is 19.3 Å². The molecule has 3 aromatic rings. The Morgan fingerprint density at radius 3 is 2.76 bits per heavy atom. The molecule has 1 aliphatic carbocycles. The molecule has 1 atom stereocenters. The molecule has 0 N–H and O–H groups in total. The summed E-state index contributed by atoms with van der Waals surface area (Å²) in [5, 5.41) is 8.89. The zero-order chi connectivity index (χ0) is 20.0. The smallest absolute Gasteiger partial charge is 0.213 e. The van der Waals surface area contributed by atoms with Crippen LogP contribution in [0.5, 0.6) is 5.88 Å². The SMILES string of the molecule is CCC1c2nnc(C)n2-c2cnc(-c3ccnc(OC)c3)nc2N1C1CCCC1. The van der Waals surface area contributed by atoms with Crippen molar-refractivity contribution in [1.82, 2.24) is 29.7 Å². The normalized spacial score (nSPS) is 18.6. The first-order chi connectivity index (χ1) is 14.2. The van der Waals surface area contributed by atoms with Crippen LogP contribution in [0.25, 0.3) is 17.1 Å².